The summed E-state index contributed by atoms with van der Waals surface area (Å²) in [4.78, 5) is 22.2. The Morgan fingerprint density at radius 2 is 2.12 bits per heavy atom. The lowest BCUT2D eigenvalue weighted by molar-refractivity contribution is -0.178. The summed E-state index contributed by atoms with van der Waals surface area (Å²) >= 11 is 0. The van der Waals surface area contributed by atoms with Crippen LogP contribution in [0.25, 0.3) is 0 Å². The van der Waals surface area contributed by atoms with Crippen molar-refractivity contribution in [3.8, 4) is 0 Å². The van der Waals surface area contributed by atoms with Crippen LogP contribution in [0.1, 0.15) is 0 Å². The number of aliphatic hydroxyl groups excluding tert-OH is 2. The molecular weight excluding hydrogens is 220 g/mol. The van der Waals surface area contributed by atoms with Gasteiger partial charge >= 0.3 is 11.9 Å². The van der Waals surface area contributed by atoms with Gasteiger partial charge in [0.2, 0.25) is 6.10 Å². The van der Waals surface area contributed by atoms with Gasteiger partial charge in [0.1, 0.15) is 12.2 Å². The Balaban J connectivity index is 2.12. The number of carbonyl (C=O) groups excluding carboxylic acids is 2. The average Bonchev–Trinajstić information content (AvgIpc) is 2.69. The number of aliphatic hydroxyl groups is 2. The summed E-state index contributed by atoms with van der Waals surface area (Å²) in [5.41, 5.74) is 0. The molecule has 2 rings (SSSR count). The van der Waals surface area contributed by atoms with E-state index >= 15 is 0 Å². The highest BCUT2D eigenvalue weighted by molar-refractivity contribution is 5.86. The van der Waals surface area contributed by atoms with Crippen molar-refractivity contribution < 1.29 is 34.0 Å². The normalized spacial score (nSPS) is 41.4. The predicted molar refractivity (Wildman–Crippen MR) is 46.8 cm³/mol. The SMILES string of the molecule is C=CC(=O)OC1C(=O)OC2C(O)C(O)OC12. The Morgan fingerprint density at radius 3 is 2.75 bits per heavy atom. The molecule has 0 aromatic rings. The predicted octanol–water partition coefficient (Wildman–Crippen LogP) is -1.91. The molecule has 5 atom stereocenters. The molecule has 5 unspecified atom stereocenters. The van der Waals surface area contributed by atoms with Crippen molar-refractivity contribution in [2.75, 3.05) is 0 Å². The zero-order chi connectivity index (χ0) is 11.9. The van der Waals surface area contributed by atoms with Crippen molar-refractivity contribution in [3.05, 3.63) is 12.7 Å². The molecule has 0 saturated carbocycles. The third-order valence-corrected chi connectivity index (χ3v) is 2.44. The molecule has 7 heteroatoms. The minimum atomic E-state index is -1.45. The van der Waals surface area contributed by atoms with Gasteiger partial charge in [0.05, 0.1) is 0 Å². The number of hydrogen-bond donors (Lipinski definition) is 2. The first-order valence-electron chi connectivity index (χ1n) is 4.59. The maximum atomic E-state index is 11.3. The topological polar surface area (TPSA) is 102 Å². The van der Waals surface area contributed by atoms with Crippen LogP contribution in [0.4, 0.5) is 0 Å². The fourth-order valence-corrected chi connectivity index (χ4v) is 1.68. The quantitative estimate of drug-likeness (QED) is 0.421. The molecule has 2 aliphatic heterocycles. The van der Waals surface area contributed by atoms with Gasteiger partial charge in [-0.15, -0.1) is 0 Å². The number of fused-ring (bicyclic) bond motifs is 1. The molecular formula is C9H10O7. The van der Waals surface area contributed by atoms with E-state index in [1.165, 1.54) is 0 Å². The molecule has 0 bridgehead atoms. The van der Waals surface area contributed by atoms with Crippen LogP contribution in [0.3, 0.4) is 0 Å². The van der Waals surface area contributed by atoms with Gasteiger partial charge in [-0.1, -0.05) is 6.58 Å². The lowest BCUT2D eigenvalue weighted by Crippen LogP contribution is -2.35. The molecule has 2 N–H and O–H groups in total. The Labute approximate surface area is 90.2 Å². The van der Waals surface area contributed by atoms with Crippen molar-refractivity contribution in [3.63, 3.8) is 0 Å². The second-order valence-corrected chi connectivity index (χ2v) is 3.44. The van der Waals surface area contributed by atoms with Crippen LogP contribution in [-0.4, -0.2) is 52.9 Å². The maximum absolute atomic E-state index is 11.3. The molecule has 2 fully saturated rings. The Bertz CT molecular complexity index is 339. The first-order chi connectivity index (χ1) is 7.54. The van der Waals surface area contributed by atoms with Crippen LogP contribution in [-0.2, 0) is 23.8 Å². The van der Waals surface area contributed by atoms with Gasteiger partial charge in [0.25, 0.3) is 0 Å². The summed E-state index contributed by atoms with van der Waals surface area (Å²) in [6, 6.07) is 0. The summed E-state index contributed by atoms with van der Waals surface area (Å²) in [6.07, 6.45) is -5.16. The van der Waals surface area contributed by atoms with Gasteiger partial charge in [-0.05, 0) is 0 Å². The lowest BCUT2D eigenvalue weighted by Gasteiger charge is -2.13. The van der Waals surface area contributed by atoms with E-state index in [0.29, 0.717) is 0 Å². The molecule has 2 saturated heterocycles. The lowest BCUT2D eigenvalue weighted by atomic mass is 10.1. The second-order valence-electron chi connectivity index (χ2n) is 3.44. The van der Waals surface area contributed by atoms with E-state index in [9.17, 15) is 19.8 Å². The zero-order valence-electron chi connectivity index (χ0n) is 8.11. The first-order valence-corrected chi connectivity index (χ1v) is 4.59. The van der Waals surface area contributed by atoms with E-state index < -0.39 is 42.6 Å². The van der Waals surface area contributed by atoms with E-state index in [2.05, 4.69) is 6.58 Å². The highest BCUT2D eigenvalue weighted by Crippen LogP contribution is 2.32. The monoisotopic (exact) mass is 230 g/mol. The average molecular weight is 230 g/mol. The highest BCUT2D eigenvalue weighted by atomic mass is 16.7. The Kier molecular flexibility index (Phi) is 2.66. The minimum Gasteiger partial charge on any atom is -0.454 e. The molecule has 88 valence electrons. The summed E-state index contributed by atoms with van der Waals surface area (Å²) < 4.78 is 14.3. The highest BCUT2D eigenvalue weighted by Gasteiger charge is 2.58. The van der Waals surface area contributed by atoms with Gasteiger partial charge in [-0.25, -0.2) is 9.59 Å². The van der Waals surface area contributed by atoms with E-state index in [0.717, 1.165) is 6.08 Å². The van der Waals surface area contributed by atoms with Crippen molar-refractivity contribution in [1.29, 1.82) is 0 Å². The number of esters is 2. The Morgan fingerprint density at radius 1 is 1.44 bits per heavy atom. The zero-order valence-corrected chi connectivity index (χ0v) is 8.11. The number of ether oxygens (including phenoxy) is 3. The van der Waals surface area contributed by atoms with Crippen LogP contribution in [0.2, 0.25) is 0 Å². The minimum absolute atomic E-state index is 0.804. The second kappa shape index (κ2) is 3.85. The number of carbonyl (C=O) groups is 2. The van der Waals surface area contributed by atoms with Gasteiger partial charge < -0.3 is 24.4 Å². The van der Waals surface area contributed by atoms with E-state index in [4.69, 9.17) is 14.2 Å². The van der Waals surface area contributed by atoms with Crippen LogP contribution < -0.4 is 0 Å². The van der Waals surface area contributed by atoms with Crippen molar-refractivity contribution in [2.45, 2.75) is 30.7 Å². The van der Waals surface area contributed by atoms with E-state index in [1.54, 1.807) is 0 Å². The van der Waals surface area contributed by atoms with Crippen LogP contribution in [0.15, 0.2) is 12.7 Å². The molecule has 7 nitrogen and oxygen atoms in total. The smallest absolute Gasteiger partial charge is 0.350 e. The molecule has 0 aliphatic carbocycles. The number of hydrogen-bond acceptors (Lipinski definition) is 7. The van der Waals surface area contributed by atoms with Crippen molar-refractivity contribution in [2.24, 2.45) is 0 Å². The Hall–Kier alpha value is -1.44. The van der Waals surface area contributed by atoms with Crippen LogP contribution in [0, 0.1) is 0 Å². The molecule has 16 heavy (non-hydrogen) atoms. The molecule has 2 heterocycles. The fraction of sp³-hybridized carbons (Fsp3) is 0.556. The standard InChI is InChI=1S/C9H10O7/c1-2-3(10)14-7-6-5(15-9(7)13)4(11)8(12)16-6/h2,4-8,11-12H,1H2. The largest absolute Gasteiger partial charge is 0.454 e. The molecule has 0 aromatic heterocycles. The van der Waals surface area contributed by atoms with Gasteiger partial charge in [0.15, 0.2) is 12.4 Å². The molecule has 0 spiro atoms. The van der Waals surface area contributed by atoms with Gasteiger partial charge in [0, 0.05) is 6.08 Å². The van der Waals surface area contributed by atoms with E-state index in [-0.39, 0.29) is 0 Å². The number of rotatable bonds is 2. The third kappa shape index (κ3) is 1.58. The fourth-order valence-electron chi connectivity index (χ4n) is 1.68. The maximum Gasteiger partial charge on any atom is 0.350 e. The van der Waals surface area contributed by atoms with Crippen molar-refractivity contribution in [1.82, 2.24) is 0 Å². The summed E-state index contributed by atoms with van der Waals surface area (Å²) in [7, 11) is 0. The first kappa shape index (κ1) is 11.1. The summed E-state index contributed by atoms with van der Waals surface area (Å²) in [5.74, 6) is -1.61. The molecule has 2 aliphatic rings. The van der Waals surface area contributed by atoms with Crippen LogP contribution in [0.5, 0.6) is 0 Å². The molecule has 0 radical (unpaired) electrons. The molecule has 0 aromatic carbocycles. The third-order valence-electron chi connectivity index (χ3n) is 2.44. The van der Waals surface area contributed by atoms with Crippen LogP contribution >= 0.6 is 0 Å². The van der Waals surface area contributed by atoms with Crippen molar-refractivity contribution >= 4 is 11.9 Å². The summed E-state index contributed by atoms with van der Waals surface area (Å²) in [5, 5.41) is 18.6. The van der Waals surface area contributed by atoms with Gasteiger partial charge in [-0.3, -0.25) is 0 Å². The van der Waals surface area contributed by atoms with E-state index in [1.807, 2.05) is 0 Å². The van der Waals surface area contributed by atoms with Gasteiger partial charge in [-0.2, -0.15) is 0 Å². The molecule has 0 amide bonds. The summed E-state index contributed by atoms with van der Waals surface area (Å²) in [6.45, 7) is 3.18.